The second kappa shape index (κ2) is 9.07. The second-order valence-corrected chi connectivity index (χ2v) is 7.54. The molecule has 0 aliphatic carbocycles. The van der Waals surface area contributed by atoms with E-state index in [-0.39, 0.29) is 12.1 Å². The molecule has 1 aliphatic rings. The summed E-state index contributed by atoms with van der Waals surface area (Å²) in [6.07, 6.45) is 4.96. The predicted octanol–water partition coefficient (Wildman–Crippen LogP) is 4.55. The van der Waals surface area contributed by atoms with Crippen LogP contribution in [0.4, 0.5) is 25.1 Å². The van der Waals surface area contributed by atoms with Gasteiger partial charge in [-0.05, 0) is 49.2 Å². The van der Waals surface area contributed by atoms with Crippen LogP contribution in [0.1, 0.15) is 12.8 Å². The van der Waals surface area contributed by atoms with E-state index in [1.54, 1.807) is 30.3 Å². The van der Waals surface area contributed by atoms with Gasteiger partial charge in [-0.1, -0.05) is 6.07 Å². The Morgan fingerprint density at radius 3 is 2.42 bits per heavy atom. The first kappa shape index (κ1) is 20.7. The number of anilines is 2. The maximum absolute atomic E-state index is 13.4. The Bertz CT molecular complexity index is 1020. The quantitative estimate of drug-likeness (QED) is 0.669. The van der Waals surface area contributed by atoms with Crippen molar-refractivity contribution in [3.05, 3.63) is 72.6 Å². The van der Waals surface area contributed by atoms with Crippen LogP contribution in [0, 0.1) is 11.6 Å². The van der Waals surface area contributed by atoms with Crippen molar-refractivity contribution in [3.63, 3.8) is 0 Å². The summed E-state index contributed by atoms with van der Waals surface area (Å²) in [5.41, 5.74) is 1.28. The van der Waals surface area contributed by atoms with Gasteiger partial charge in [0.25, 0.3) is 0 Å². The van der Waals surface area contributed by atoms with E-state index >= 15 is 0 Å². The van der Waals surface area contributed by atoms with E-state index in [9.17, 15) is 13.6 Å². The zero-order valence-corrected chi connectivity index (χ0v) is 17.1. The molecule has 1 saturated heterocycles. The van der Waals surface area contributed by atoms with Crippen molar-refractivity contribution in [2.45, 2.75) is 18.9 Å². The van der Waals surface area contributed by atoms with Crippen LogP contribution in [0.25, 0.3) is 11.3 Å². The van der Waals surface area contributed by atoms with E-state index < -0.39 is 11.6 Å². The highest BCUT2D eigenvalue weighted by Crippen LogP contribution is 2.23. The highest BCUT2D eigenvalue weighted by Gasteiger charge is 2.26. The molecule has 2 aromatic heterocycles. The molecular formula is C23H23F2N5O. The van der Waals surface area contributed by atoms with Crippen LogP contribution in [0.5, 0.6) is 0 Å². The summed E-state index contributed by atoms with van der Waals surface area (Å²) in [6, 6.07) is 12.3. The van der Waals surface area contributed by atoms with Crippen LogP contribution < -0.4 is 10.2 Å². The number of urea groups is 1. The Kier molecular flexibility index (Phi) is 6.06. The summed E-state index contributed by atoms with van der Waals surface area (Å²) >= 11 is 0. The Hall–Kier alpha value is -3.55. The number of hydrogen-bond donors (Lipinski definition) is 1. The third-order valence-electron chi connectivity index (χ3n) is 5.48. The molecule has 0 spiro atoms. The van der Waals surface area contributed by atoms with E-state index in [0.717, 1.165) is 37.8 Å². The lowest BCUT2D eigenvalue weighted by molar-refractivity contribution is 0.193. The number of amides is 2. The third kappa shape index (κ3) is 4.96. The molecule has 1 aromatic carbocycles. The van der Waals surface area contributed by atoms with Crippen molar-refractivity contribution in [3.8, 4) is 11.3 Å². The standard InChI is InChI=1S/C23H23F2N5O/c1-29(20-7-10-30(11-8-20)22-4-2-3-9-26-22)23(31)28-19-5-6-21(27-15-19)16-12-17(24)14-18(25)13-16/h2-6,9,12-15,20H,7-8,10-11H2,1H3,(H,28,31). The molecule has 2 amide bonds. The van der Waals surface area contributed by atoms with Crippen LogP contribution in [0.3, 0.4) is 0 Å². The van der Waals surface area contributed by atoms with E-state index in [1.165, 1.54) is 18.3 Å². The van der Waals surface area contributed by atoms with Crippen LogP contribution in [-0.2, 0) is 0 Å². The maximum atomic E-state index is 13.4. The lowest BCUT2D eigenvalue weighted by atomic mass is 10.0. The Morgan fingerprint density at radius 2 is 1.81 bits per heavy atom. The van der Waals surface area contributed by atoms with E-state index in [4.69, 9.17) is 0 Å². The van der Waals surface area contributed by atoms with Gasteiger partial charge in [-0.25, -0.2) is 18.6 Å². The van der Waals surface area contributed by atoms with E-state index in [1.807, 2.05) is 18.2 Å². The molecule has 1 aliphatic heterocycles. The number of nitrogens with zero attached hydrogens (tertiary/aromatic N) is 4. The first-order chi connectivity index (χ1) is 15.0. The van der Waals surface area contributed by atoms with Crippen LogP contribution in [0.2, 0.25) is 0 Å². The number of benzene rings is 1. The van der Waals surface area contributed by atoms with Gasteiger partial charge in [0.2, 0.25) is 0 Å². The summed E-state index contributed by atoms with van der Waals surface area (Å²) in [5.74, 6) is -0.368. The molecule has 6 nitrogen and oxygen atoms in total. The number of hydrogen-bond acceptors (Lipinski definition) is 4. The Morgan fingerprint density at radius 1 is 1.06 bits per heavy atom. The molecular weight excluding hydrogens is 400 g/mol. The lowest BCUT2D eigenvalue weighted by Crippen LogP contribution is -2.47. The third-order valence-corrected chi connectivity index (χ3v) is 5.48. The van der Waals surface area contributed by atoms with Gasteiger partial charge in [-0.15, -0.1) is 0 Å². The molecule has 31 heavy (non-hydrogen) atoms. The monoisotopic (exact) mass is 423 g/mol. The van der Waals surface area contributed by atoms with Crippen LogP contribution >= 0.6 is 0 Å². The summed E-state index contributed by atoms with van der Waals surface area (Å²) in [4.78, 5) is 25.2. The first-order valence-corrected chi connectivity index (χ1v) is 10.1. The molecule has 3 heterocycles. The first-order valence-electron chi connectivity index (χ1n) is 10.1. The molecule has 4 rings (SSSR count). The Labute approximate surface area is 179 Å². The summed E-state index contributed by atoms with van der Waals surface area (Å²) in [6.45, 7) is 1.67. The molecule has 0 unspecified atom stereocenters. The van der Waals surface area contributed by atoms with Crippen LogP contribution in [0.15, 0.2) is 60.9 Å². The fraction of sp³-hybridized carbons (Fsp3) is 0.261. The SMILES string of the molecule is CN(C(=O)Nc1ccc(-c2cc(F)cc(F)c2)nc1)C1CCN(c2ccccn2)CC1. The molecule has 0 bridgehead atoms. The zero-order valence-electron chi connectivity index (χ0n) is 17.1. The van der Waals surface area contributed by atoms with Crippen molar-refractivity contribution in [1.82, 2.24) is 14.9 Å². The predicted molar refractivity (Wildman–Crippen MR) is 116 cm³/mol. The minimum Gasteiger partial charge on any atom is -0.356 e. The summed E-state index contributed by atoms with van der Waals surface area (Å²) in [7, 11) is 1.79. The maximum Gasteiger partial charge on any atom is 0.321 e. The average Bonchev–Trinajstić information content (AvgIpc) is 2.79. The number of pyridine rings is 2. The molecule has 1 fully saturated rings. The average molecular weight is 423 g/mol. The molecule has 0 saturated carbocycles. The number of piperidine rings is 1. The van der Waals surface area contributed by atoms with Crippen molar-refractivity contribution >= 4 is 17.5 Å². The van der Waals surface area contributed by atoms with Gasteiger partial charge in [0.1, 0.15) is 17.5 Å². The van der Waals surface area contributed by atoms with Gasteiger partial charge in [-0.3, -0.25) is 4.98 Å². The fourth-order valence-corrected chi connectivity index (χ4v) is 3.74. The van der Waals surface area contributed by atoms with Crippen molar-refractivity contribution in [2.24, 2.45) is 0 Å². The smallest absolute Gasteiger partial charge is 0.321 e. The number of carbonyl (C=O) groups excluding carboxylic acids is 1. The molecule has 0 atom stereocenters. The van der Waals surface area contributed by atoms with E-state index in [2.05, 4.69) is 20.2 Å². The Balaban J connectivity index is 1.34. The minimum atomic E-state index is -0.662. The molecule has 8 heteroatoms. The van der Waals surface area contributed by atoms with Gasteiger partial charge < -0.3 is 15.1 Å². The van der Waals surface area contributed by atoms with Gasteiger partial charge in [0.05, 0.1) is 17.6 Å². The molecule has 3 aromatic rings. The van der Waals surface area contributed by atoms with Gasteiger partial charge in [0.15, 0.2) is 0 Å². The highest BCUT2D eigenvalue weighted by atomic mass is 19.1. The van der Waals surface area contributed by atoms with Gasteiger partial charge in [-0.2, -0.15) is 0 Å². The van der Waals surface area contributed by atoms with Gasteiger partial charge >= 0.3 is 6.03 Å². The van der Waals surface area contributed by atoms with Crippen molar-refractivity contribution in [2.75, 3.05) is 30.4 Å². The topological polar surface area (TPSA) is 61.4 Å². The minimum absolute atomic E-state index is 0.127. The van der Waals surface area contributed by atoms with Crippen molar-refractivity contribution in [1.29, 1.82) is 0 Å². The highest BCUT2D eigenvalue weighted by molar-refractivity contribution is 5.89. The number of rotatable bonds is 4. The zero-order chi connectivity index (χ0) is 21.8. The lowest BCUT2D eigenvalue weighted by Gasteiger charge is -2.37. The number of aromatic nitrogens is 2. The van der Waals surface area contributed by atoms with Crippen molar-refractivity contribution < 1.29 is 13.6 Å². The normalized spacial score (nSPS) is 14.4. The number of carbonyl (C=O) groups is 1. The molecule has 0 radical (unpaired) electrons. The summed E-state index contributed by atoms with van der Waals surface area (Å²) in [5, 5.41) is 2.83. The molecule has 1 N–H and O–H groups in total. The second-order valence-electron chi connectivity index (χ2n) is 7.54. The van der Waals surface area contributed by atoms with Gasteiger partial charge in [0, 0.05) is 44.0 Å². The largest absolute Gasteiger partial charge is 0.356 e. The molecule has 160 valence electrons. The number of nitrogens with one attached hydrogen (secondary N) is 1. The fourth-order valence-electron chi connectivity index (χ4n) is 3.74. The summed E-state index contributed by atoms with van der Waals surface area (Å²) < 4.78 is 26.8. The number of halogens is 2. The van der Waals surface area contributed by atoms with E-state index in [0.29, 0.717) is 16.9 Å². The van der Waals surface area contributed by atoms with Crippen LogP contribution in [-0.4, -0.2) is 47.1 Å².